The lowest BCUT2D eigenvalue weighted by atomic mass is 9.96. The summed E-state index contributed by atoms with van der Waals surface area (Å²) in [7, 11) is 0. The van der Waals surface area contributed by atoms with Gasteiger partial charge < -0.3 is 15.5 Å². The van der Waals surface area contributed by atoms with Crippen LogP contribution in [0.1, 0.15) is 43.1 Å². The molecule has 0 fully saturated rings. The van der Waals surface area contributed by atoms with Crippen LogP contribution in [0, 0.1) is 19.8 Å². The van der Waals surface area contributed by atoms with Crippen molar-refractivity contribution < 1.29 is 15.0 Å². The van der Waals surface area contributed by atoms with E-state index in [1.807, 2.05) is 45.9 Å². The number of rotatable bonds is 7. The maximum atomic E-state index is 11.0. The Morgan fingerprint density at radius 2 is 1.90 bits per heavy atom. The van der Waals surface area contributed by atoms with E-state index in [1.54, 1.807) is 0 Å². The molecule has 2 atom stereocenters. The Kier molecular flexibility index (Phi) is 6.17. The summed E-state index contributed by atoms with van der Waals surface area (Å²) in [4.78, 5) is 11.0. The smallest absolute Gasteiger partial charge is 0.305 e. The van der Waals surface area contributed by atoms with Gasteiger partial charge in [0.05, 0.1) is 12.5 Å². The lowest BCUT2D eigenvalue weighted by Gasteiger charge is -2.24. The molecule has 2 unspecified atom stereocenters. The van der Waals surface area contributed by atoms with Gasteiger partial charge in [0.2, 0.25) is 0 Å². The number of carbonyl (C=O) groups is 1. The third-order valence-corrected chi connectivity index (χ3v) is 3.44. The highest BCUT2D eigenvalue weighted by Gasteiger charge is 2.23. The normalized spacial score (nSPS) is 14.3. The van der Waals surface area contributed by atoms with Crippen molar-refractivity contribution >= 4 is 5.97 Å². The number of carboxylic acid groups (broad SMARTS) is 1. The number of aliphatic carboxylic acids is 1. The molecular weight excluding hydrogens is 254 g/mol. The molecule has 0 aliphatic heterocycles. The summed E-state index contributed by atoms with van der Waals surface area (Å²) in [5.41, 5.74) is 3.01. The standard InChI is InChI=1S/C16H25NO3/c1-10(2)9-17-14(8-15(18)19)16(20)13-6-5-11(3)12(4)7-13/h5-7,10,14,16-17,20H,8-9H2,1-4H3,(H,18,19). The Bertz CT molecular complexity index is 457. The molecule has 0 saturated heterocycles. The molecular formula is C16H25NO3. The molecule has 1 aromatic rings. The molecule has 0 amide bonds. The molecule has 0 aliphatic rings. The van der Waals surface area contributed by atoms with Crippen LogP contribution in [0.5, 0.6) is 0 Å². The van der Waals surface area contributed by atoms with E-state index in [0.29, 0.717) is 12.5 Å². The number of benzene rings is 1. The van der Waals surface area contributed by atoms with Crippen LogP contribution >= 0.6 is 0 Å². The van der Waals surface area contributed by atoms with Crippen LogP contribution in [0.2, 0.25) is 0 Å². The van der Waals surface area contributed by atoms with E-state index in [0.717, 1.165) is 16.7 Å². The number of aliphatic hydroxyl groups is 1. The minimum Gasteiger partial charge on any atom is -0.481 e. The van der Waals surface area contributed by atoms with Gasteiger partial charge in [-0.05, 0) is 43.0 Å². The maximum absolute atomic E-state index is 11.0. The van der Waals surface area contributed by atoms with Gasteiger partial charge in [-0.3, -0.25) is 4.79 Å². The maximum Gasteiger partial charge on any atom is 0.305 e. The van der Waals surface area contributed by atoms with Crippen molar-refractivity contribution in [1.82, 2.24) is 5.32 Å². The second kappa shape index (κ2) is 7.41. The molecule has 4 nitrogen and oxygen atoms in total. The Balaban J connectivity index is 2.87. The zero-order chi connectivity index (χ0) is 15.3. The lowest BCUT2D eigenvalue weighted by molar-refractivity contribution is -0.138. The van der Waals surface area contributed by atoms with E-state index in [4.69, 9.17) is 5.11 Å². The molecule has 0 saturated carbocycles. The zero-order valence-corrected chi connectivity index (χ0v) is 12.7. The molecule has 3 N–H and O–H groups in total. The molecule has 1 rings (SSSR count). The number of aryl methyl sites for hydroxylation is 2. The minimum atomic E-state index is -0.908. The third kappa shape index (κ3) is 4.94. The molecule has 0 aliphatic carbocycles. The number of hydrogen-bond donors (Lipinski definition) is 3. The molecule has 0 radical (unpaired) electrons. The van der Waals surface area contributed by atoms with Crippen molar-refractivity contribution in [3.8, 4) is 0 Å². The fourth-order valence-electron chi connectivity index (χ4n) is 2.05. The monoisotopic (exact) mass is 279 g/mol. The van der Waals surface area contributed by atoms with Crippen molar-refractivity contribution in [2.24, 2.45) is 5.92 Å². The third-order valence-electron chi connectivity index (χ3n) is 3.44. The van der Waals surface area contributed by atoms with Gasteiger partial charge in [0.25, 0.3) is 0 Å². The fourth-order valence-corrected chi connectivity index (χ4v) is 2.05. The largest absolute Gasteiger partial charge is 0.481 e. The van der Waals surface area contributed by atoms with Crippen molar-refractivity contribution in [3.05, 3.63) is 34.9 Å². The summed E-state index contributed by atoms with van der Waals surface area (Å²) in [5.74, 6) is -0.507. The summed E-state index contributed by atoms with van der Waals surface area (Å²) in [6.07, 6.45) is -0.912. The highest BCUT2D eigenvalue weighted by Crippen LogP contribution is 2.22. The molecule has 0 spiro atoms. The van der Waals surface area contributed by atoms with Gasteiger partial charge in [-0.25, -0.2) is 0 Å². The quantitative estimate of drug-likeness (QED) is 0.717. The average Bonchev–Trinajstić information content (AvgIpc) is 2.36. The van der Waals surface area contributed by atoms with Crippen LogP contribution in [-0.2, 0) is 4.79 Å². The van der Waals surface area contributed by atoms with E-state index in [1.165, 1.54) is 0 Å². The van der Waals surface area contributed by atoms with Crippen LogP contribution in [-0.4, -0.2) is 28.8 Å². The summed E-state index contributed by atoms with van der Waals surface area (Å²) < 4.78 is 0. The minimum absolute atomic E-state index is 0.0964. The van der Waals surface area contributed by atoms with Gasteiger partial charge in [0, 0.05) is 6.04 Å². The topological polar surface area (TPSA) is 69.6 Å². The average molecular weight is 279 g/mol. The Hall–Kier alpha value is -1.39. The number of hydrogen-bond acceptors (Lipinski definition) is 3. The number of aliphatic hydroxyl groups excluding tert-OH is 1. The SMILES string of the molecule is Cc1ccc(C(O)C(CC(=O)O)NCC(C)C)cc1C. The molecule has 0 aromatic heterocycles. The summed E-state index contributed by atoms with van der Waals surface area (Å²) in [5, 5.41) is 22.6. The first kappa shape index (κ1) is 16.7. The van der Waals surface area contributed by atoms with Crippen molar-refractivity contribution in [2.75, 3.05) is 6.54 Å². The first-order valence-electron chi connectivity index (χ1n) is 7.01. The molecule has 1 aromatic carbocycles. The summed E-state index contributed by atoms with van der Waals surface area (Å²) in [6, 6.07) is 5.26. The Labute approximate surface area is 120 Å². The van der Waals surface area contributed by atoms with E-state index in [-0.39, 0.29) is 6.42 Å². The Morgan fingerprint density at radius 3 is 2.40 bits per heavy atom. The van der Waals surface area contributed by atoms with Crippen LogP contribution in [0.25, 0.3) is 0 Å². The van der Waals surface area contributed by atoms with E-state index < -0.39 is 18.1 Å². The van der Waals surface area contributed by atoms with Crippen molar-refractivity contribution in [1.29, 1.82) is 0 Å². The van der Waals surface area contributed by atoms with E-state index in [2.05, 4.69) is 5.32 Å². The molecule has 4 heteroatoms. The van der Waals surface area contributed by atoms with Crippen molar-refractivity contribution in [2.45, 2.75) is 46.3 Å². The Morgan fingerprint density at radius 1 is 1.25 bits per heavy atom. The first-order chi connectivity index (χ1) is 9.31. The molecule has 20 heavy (non-hydrogen) atoms. The molecule has 0 bridgehead atoms. The summed E-state index contributed by atoms with van der Waals surface area (Å²) in [6.45, 7) is 8.77. The highest BCUT2D eigenvalue weighted by molar-refractivity contribution is 5.67. The predicted octanol–water partition coefficient (Wildman–Crippen LogP) is 2.43. The van der Waals surface area contributed by atoms with Crippen LogP contribution in [0.4, 0.5) is 0 Å². The van der Waals surface area contributed by atoms with E-state index >= 15 is 0 Å². The van der Waals surface area contributed by atoms with E-state index in [9.17, 15) is 9.90 Å². The van der Waals surface area contributed by atoms with Crippen LogP contribution < -0.4 is 5.32 Å². The second-order valence-electron chi connectivity index (χ2n) is 5.79. The fraction of sp³-hybridized carbons (Fsp3) is 0.562. The van der Waals surface area contributed by atoms with Gasteiger partial charge >= 0.3 is 5.97 Å². The summed E-state index contributed by atoms with van der Waals surface area (Å²) >= 11 is 0. The van der Waals surface area contributed by atoms with Gasteiger partial charge in [-0.2, -0.15) is 0 Å². The lowest BCUT2D eigenvalue weighted by Crippen LogP contribution is -2.39. The van der Waals surface area contributed by atoms with Crippen LogP contribution in [0.15, 0.2) is 18.2 Å². The van der Waals surface area contributed by atoms with Gasteiger partial charge in [-0.15, -0.1) is 0 Å². The second-order valence-corrected chi connectivity index (χ2v) is 5.79. The van der Waals surface area contributed by atoms with Gasteiger partial charge in [-0.1, -0.05) is 32.0 Å². The number of carboxylic acids is 1. The molecule has 0 heterocycles. The first-order valence-corrected chi connectivity index (χ1v) is 7.01. The zero-order valence-electron chi connectivity index (χ0n) is 12.7. The van der Waals surface area contributed by atoms with Crippen LogP contribution in [0.3, 0.4) is 0 Å². The number of nitrogens with one attached hydrogen (secondary N) is 1. The predicted molar refractivity (Wildman–Crippen MR) is 79.8 cm³/mol. The molecule has 112 valence electrons. The van der Waals surface area contributed by atoms with Crippen molar-refractivity contribution in [3.63, 3.8) is 0 Å². The highest BCUT2D eigenvalue weighted by atomic mass is 16.4. The van der Waals surface area contributed by atoms with Gasteiger partial charge in [0.1, 0.15) is 0 Å². The van der Waals surface area contributed by atoms with Gasteiger partial charge in [0.15, 0.2) is 0 Å².